The van der Waals surface area contributed by atoms with Crippen LogP contribution in [0.1, 0.15) is 12.5 Å². The second kappa shape index (κ2) is 4.34. The van der Waals surface area contributed by atoms with Gasteiger partial charge in [-0.1, -0.05) is 0 Å². The Kier molecular flexibility index (Phi) is 2.78. The molecule has 0 radical (unpaired) electrons. The number of anilines is 1. The standard InChI is InChI=1S/C12H14N4O2S/c13-12-10(2-1-4-15-12)11-6-14-8-16(11)9-3-5-19(17,18)7-9/h1-2,4,6,8-9H,3,5,7H2,(H2,13,15). The number of pyridine rings is 1. The van der Waals surface area contributed by atoms with Gasteiger partial charge in [0.25, 0.3) is 0 Å². The van der Waals surface area contributed by atoms with Gasteiger partial charge in [-0.3, -0.25) is 0 Å². The van der Waals surface area contributed by atoms with E-state index in [1.165, 1.54) is 0 Å². The van der Waals surface area contributed by atoms with Crippen LogP contribution in [0.5, 0.6) is 0 Å². The Bertz CT molecular complexity index is 708. The highest BCUT2D eigenvalue weighted by Gasteiger charge is 2.30. The first-order chi connectivity index (χ1) is 9.07. The molecule has 0 aromatic carbocycles. The Morgan fingerprint density at radius 3 is 2.95 bits per heavy atom. The van der Waals surface area contributed by atoms with Gasteiger partial charge in [0, 0.05) is 11.8 Å². The number of nitrogens with two attached hydrogens (primary N) is 1. The molecule has 0 aliphatic carbocycles. The minimum absolute atomic E-state index is 0.0675. The molecule has 0 spiro atoms. The van der Waals surface area contributed by atoms with Crippen molar-refractivity contribution in [3.05, 3.63) is 30.9 Å². The summed E-state index contributed by atoms with van der Waals surface area (Å²) in [6.07, 6.45) is 5.59. The van der Waals surface area contributed by atoms with Gasteiger partial charge in [0.1, 0.15) is 5.82 Å². The minimum atomic E-state index is -2.93. The molecule has 0 bridgehead atoms. The van der Waals surface area contributed by atoms with Crippen molar-refractivity contribution in [3.63, 3.8) is 0 Å². The SMILES string of the molecule is Nc1ncccc1-c1cncn1C1CCS(=O)(=O)C1. The third kappa shape index (κ3) is 2.21. The predicted molar refractivity (Wildman–Crippen MR) is 72.2 cm³/mol. The lowest BCUT2D eigenvalue weighted by Crippen LogP contribution is -2.11. The van der Waals surface area contributed by atoms with Crippen molar-refractivity contribution in [1.82, 2.24) is 14.5 Å². The number of hydrogen-bond acceptors (Lipinski definition) is 5. The number of nitrogens with zero attached hydrogens (tertiary/aromatic N) is 3. The Balaban J connectivity index is 2.03. The number of aromatic nitrogens is 3. The van der Waals surface area contributed by atoms with E-state index in [2.05, 4.69) is 9.97 Å². The highest BCUT2D eigenvalue weighted by atomic mass is 32.2. The summed E-state index contributed by atoms with van der Waals surface area (Å²) < 4.78 is 25.0. The Hall–Kier alpha value is -1.89. The maximum atomic E-state index is 11.6. The Morgan fingerprint density at radius 2 is 2.26 bits per heavy atom. The topological polar surface area (TPSA) is 90.9 Å². The van der Waals surface area contributed by atoms with Crippen LogP contribution in [0.25, 0.3) is 11.3 Å². The maximum Gasteiger partial charge on any atom is 0.152 e. The van der Waals surface area contributed by atoms with Crippen molar-refractivity contribution < 1.29 is 8.42 Å². The molecule has 2 aromatic heterocycles. The molecule has 6 nitrogen and oxygen atoms in total. The van der Waals surface area contributed by atoms with Crippen molar-refractivity contribution in [2.45, 2.75) is 12.5 Å². The minimum Gasteiger partial charge on any atom is -0.383 e. The lowest BCUT2D eigenvalue weighted by Gasteiger charge is -2.14. The van der Waals surface area contributed by atoms with Gasteiger partial charge in [-0.25, -0.2) is 18.4 Å². The van der Waals surface area contributed by atoms with E-state index >= 15 is 0 Å². The molecule has 1 aliphatic rings. The van der Waals surface area contributed by atoms with E-state index in [0.717, 1.165) is 11.3 Å². The summed E-state index contributed by atoms with van der Waals surface area (Å²) in [5, 5.41) is 0. The zero-order valence-corrected chi connectivity index (χ0v) is 11.0. The fourth-order valence-electron chi connectivity index (χ4n) is 2.43. The van der Waals surface area contributed by atoms with Crippen molar-refractivity contribution in [2.24, 2.45) is 0 Å². The molecule has 7 heteroatoms. The van der Waals surface area contributed by atoms with Crippen molar-refractivity contribution in [3.8, 4) is 11.3 Å². The van der Waals surface area contributed by atoms with E-state index in [9.17, 15) is 8.42 Å². The van der Waals surface area contributed by atoms with Crippen LogP contribution in [0.15, 0.2) is 30.9 Å². The summed E-state index contributed by atoms with van der Waals surface area (Å²) in [7, 11) is -2.93. The largest absolute Gasteiger partial charge is 0.383 e. The Morgan fingerprint density at radius 1 is 1.42 bits per heavy atom. The van der Waals surface area contributed by atoms with E-state index in [1.807, 2.05) is 10.6 Å². The lowest BCUT2D eigenvalue weighted by atomic mass is 10.1. The third-order valence-electron chi connectivity index (χ3n) is 3.38. The van der Waals surface area contributed by atoms with E-state index in [4.69, 9.17) is 5.73 Å². The lowest BCUT2D eigenvalue weighted by molar-refractivity contribution is 0.559. The molecule has 19 heavy (non-hydrogen) atoms. The monoisotopic (exact) mass is 278 g/mol. The molecule has 1 atom stereocenters. The van der Waals surface area contributed by atoms with Gasteiger partial charge in [-0.15, -0.1) is 0 Å². The van der Waals surface area contributed by atoms with E-state index in [-0.39, 0.29) is 17.5 Å². The number of hydrogen-bond donors (Lipinski definition) is 1. The number of rotatable bonds is 2. The van der Waals surface area contributed by atoms with Crippen molar-refractivity contribution in [1.29, 1.82) is 0 Å². The average Bonchev–Trinajstić information content (AvgIpc) is 2.96. The summed E-state index contributed by atoms with van der Waals surface area (Å²) in [6, 6.07) is 3.59. The quantitative estimate of drug-likeness (QED) is 0.880. The molecule has 2 aromatic rings. The third-order valence-corrected chi connectivity index (χ3v) is 5.13. The zero-order valence-electron chi connectivity index (χ0n) is 10.2. The summed E-state index contributed by atoms with van der Waals surface area (Å²) in [5.74, 6) is 0.819. The highest BCUT2D eigenvalue weighted by Crippen LogP contribution is 2.30. The van der Waals surface area contributed by atoms with Crippen LogP contribution in [0.3, 0.4) is 0 Å². The summed E-state index contributed by atoms with van der Waals surface area (Å²) in [4.78, 5) is 8.17. The van der Waals surface area contributed by atoms with Gasteiger partial charge in [0.05, 0.1) is 35.8 Å². The van der Waals surface area contributed by atoms with Crippen LogP contribution in [0.4, 0.5) is 5.82 Å². The van der Waals surface area contributed by atoms with E-state index in [0.29, 0.717) is 12.2 Å². The maximum absolute atomic E-state index is 11.6. The van der Waals surface area contributed by atoms with Crippen LogP contribution in [0, 0.1) is 0 Å². The highest BCUT2D eigenvalue weighted by molar-refractivity contribution is 7.91. The normalized spacial score (nSPS) is 21.6. The first-order valence-electron chi connectivity index (χ1n) is 6.00. The second-order valence-corrected chi connectivity index (χ2v) is 6.91. The molecule has 1 fully saturated rings. The summed E-state index contributed by atoms with van der Waals surface area (Å²) in [6.45, 7) is 0. The molecule has 0 saturated carbocycles. The van der Waals surface area contributed by atoms with Gasteiger partial charge in [-0.05, 0) is 18.6 Å². The molecule has 3 heterocycles. The fraction of sp³-hybridized carbons (Fsp3) is 0.333. The van der Waals surface area contributed by atoms with Crippen LogP contribution < -0.4 is 5.73 Å². The molecular formula is C12H14N4O2S. The van der Waals surface area contributed by atoms with Gasteiger partial charge in [0.15, 0.2) is 9.84 Å². The van der Waals surface area contributed by atoms with Crippen molar-refractivity contribution >= 4 is 15.7 Å². The second-order valence-electron chi connectivity index (χ2n) is 4.68. The van der Waals surface area contributed by atoms with Crippen LogP contribution >= 0.6 is 0 Å². The summed E-state index contributed by atoms with van der Waals surface area (Å²) in [5.41, 5.74) is 7.46. The zero-order chi connectivity index (χ0) is 13.5. The van der Waals surface area contributed by atoms with Crippen molar-refractivity contribution in [2.75, 3.05) is 17.2 Å². The predicted octanol–water partition coefficient (Wildman–Crippen LogP) is 0.887. The van der Waals surface area contributed by atoms with Gasteiger partial charge in [0.2, 0.25) is 0 Å². The number of nitrogen functional groups attached to an aromatic ring is 1. The molecule has 1 aliphatic heterocycles. The van der Waals surface area contributed by atoms with Crippen LogP contribution in [-0.2, 0) is 9.84 Å². The molecular weight excluding hydrogens is 264 g/mol. The average molecular weight is 278 g/mol. The van der Waals surface area contributed by atoms with E-state index in [1.54, 1.807) is 24.8 Å². The molecule has 2 N–H and O–H groups in total. The first kappa shape index (κ1) is 12.2. The molecule has 1 saturated heterocycles. The molecule has 3 rings (SSSR count). The van der Waals surface area contributed by atoms with E-state index < -0.39 is 9.84 Å². The summed E-state index contributed by atoms with van der Waals surface area (Å²) >= 11 is 0. The van der Waals surface area contributed by atoms with Gasteiger partial charge < -0.3 is 10.3 Å². The smallest absolute Gasteiger partial charge is 0.152 e. The molecule has 1 unspecified atom stereocenters. The van der Waals surface area contributed by atoms with Gasteiger partial charge in [-0.2, -0.15) is 0 Å². The van der Waals surface area contributed by atoms with Crippen LogP contribution in [-0.4, -0.2) is 34.5 Å². The molecule has 100 valence electrons. The molecule has 0 amide bonds. The van der Waals surface area contributed by atoms with Crippen LogP contribution in [0.2, 0.25) is 0 Å². The fourth-order valence-corrected chi connectivity index (χ4v) is 4.14. The number of imidazole rings is 1. The number of sulfone groups is 1. The first-order valence-corrected chi connectivity index (χ1v) is 7.82. The van der Waals surface area contributed by atoms with Gasteiger partial charge >= 0.3 is 0 Å². The Labute approximate surface area is 111 Å².